The Kier molecular flexibility index (Phi) is 5.89. The number of hydrogen-bond donors (Lipinski definition) is 0. The van der Waals surface area contributed by atoms with Crippen LogP contribution >= 0.6 is 0 Å². The highest BCUT2D eigenvalue weighted by Crippen LogP contribution is 2.76. The molecular formula is C36H49N3O3. The molecule has 1 heterocycles. The molecule has 7 rings (SSSR count). The van der Waals surface area contributed by atoms with Gasteiger partial charge in [-0.25, -0.2) is 0 Å². The van der Waals surface area contributed by atoms with Crippen molar-refractivity contribution in [3.8, 4) is 6.07 Å². The Hall–Kier alpha value is -2.26. The van der Waals surface area contributed by atoms with Gasteiger partial charge in [-0.3, -0.25) is 14.4 Å². The zero-order chi connectivity index (χ0) is 30.1. The van der Waals surface area contributed by atoms with Crippen LogP contribution in [0.15, 0.2) is 23.3 Å². The van der Waals surface area contributed by atoms with Gasteiger partial charge in [-0.15, -0.1) is 0 Å². The zero-order valence-corrected chi connectivity index (χ0v) is 26.6. The highest BCUT2D eigenvalue weighted by atomic mass is 16.2. The maximum atomic E-state index is 14.7. The minimum absolute atomic E-state index is 0.0349. The summed E-state index contributed by atoms with van der Waals surface area (Å²) < 4.78 is 0. The van der Waals surface area contributed by atoms with Gasteiger partial charge in [0.15, 0.2) is 11.6 Å². The van der Waals surface area contributed by atoms with Gasteiger partial charge in [-0.05, 0) is 99.0 Å². The van der Waals surface area contributed by atoms with Gasteiger partial charge in [-0.2, -0.15) is 5.26 Å². The molecule has 1 saturated heterocycles. The van der Waals surface area contributed by atoms with Crippen molar-refractivity contribution in [3.05, 3.63) is 23.3 Å². The van der Waals surface area contributed by atoms with E-state index in [1.165, 1.54) is 0 Å². The molecule has 1 spiro atoms. The lowest BCUT2D eigenvalue weighted by atomic mass is 9.34. The molecule has 6 heteroatoms. The largest absolute Gasteiger partial charge is 0.340 e. The average Bonchev–Trinajstić information content (AvgIpc) is 3.73. The summed E-state index contributed by atoms with van der Waals surface area (Å²) in [6, 6.07) is 2.24. The lowest BCUT2D eigenvalue weighted by Gasteiger charge is -2.68. The second-order valence-corrected chi connectivity index (χ2v) is 16.9. The first-order valence-electron chi connectivity index (χ1n) is 16.6. The fourth-order valence-electron chi connectivity index (χ4n) is 11.7. The van der Waals surface area contributed by atoms with Gasteiger partial charge >= 0.3 is 0 Å². The van der Waals surface area contributed by atoms with Crippen LogP contribution in [0.5, 0.6) is 0 Å². The first-order chi connectivity index (χ1) is 19.7. The van der Waals surface area contributed by atoms with E-state index in [0.717, 1.165) is 89.5 Å². The third kappa shape index (κ3) is 3.44. The van der Waals surface area contributed by atoms with Crippen LogP contribution < -0.4 is 0 Å². The molecule has 0 aromatic rings. The molecule has 6 aliphatic carbocycles. The van der Waals surface area contributed by atoms with Gasteiger partial charge in [0, 0.05) is 42.9 Å². The van der Waals surface area contributed by atoms with Crippen molar-refractivity contribution in [2.24, 2.45) is 50.2 Å². The summed E-state index contributed by atoms with van der Waals surface area (Å²) in [4.78, 5) is 47.1. The van der Waals surface area contributed by atoms with Crippen LogP contribution in [0.4, 0.5) is 0 Å². The monoisotopic (exact) mass is 571 g/mol. The molecule has 0 N–H and O–H groups in total. The van der Waals surface area contributed by atoms with Crippen molar-refractivity contribution >= 4 is 17.5 Å². The number of allylic oxidation sites excluding steroid dienone is 4. The molecule has 7 atom stereocenters. The SMILES string of the molecule is CN1CCN(C(=O)[C@]23CCC(C)(C)C[C@H]2[C@H]2C(=O)C=C4[C@@]5(C)C=C(C#N)C(=O)C6(CC6)[C@@H]5CC[C@@]4(C)[C@]2(C)CC3)CC1. The number of carbonyl (C=O) groups is 3. The smallest absolute Gasteiger partial charge is 0.229 e. The number of fused-ring (bicyclic) bond motifs is 8. The van der Waals surface area contributed by atoms with Crippen molar-refractivity contribution in [1.29, 1.82) is 5.26 Å². The van der Waals surface area contributed by atoms with E-state index in [9.17, 15) is 19.6 Å². The van der Waals surface area contributed by atoms with Crippen molar-refractivity contribution in [2.75, 3.05) is 33.2 Å². The van der Waals surface area contributed by atoms with E-state index in [-0.39, 0.29) is 45.6 Å². The van der Waals surface area contributed by atoms with E-state index >= 15 is 0 Å². The summed E-state index contributed by atoms with van der Waals surface area (Å²) in [6.07, 6.45) is 12.1. The first-order valence-corrected chi connectivity index (χ1v) is 16.6. The Morgan fingerprint density at radius 2 is 1.60 bits per heavy atom. The number of hydrogen-bond acceptors (Lipinski definition) is 5. The van der Waals surface area contributed by atoms with Crippen molar-refractivity contribution in [2.45, 2.75) is 92.4 Å². The van der Waals surface area contributed by atoms with E-state index < -0.39 is 16.2 Å². The fraction of sp³-hybridized carbons (Fsp3) is 0.778. The number of amides is 1. The van der Waals surface area contributed by atoms with Gasteiger partial charge in [0.1, 0.15) is 6.07 Å². The maximum Gasteiger partial charge on any atom is 0.229 e. The molecule has 42 heavy (non-hydrogen) atoms. The second-order valence-electron chi connectivity index (χ2n) is 16.9. The molecule has 1 amide bonds. The van der Waals surface area contributed by atoms with E-state index in [4.69, 9.17) is 0 Å². The van der Waals surface area contributed by atoms with Crippen molar-refractivity contribution < 1.29 is 14.4 Å². The molecule has 0 radical (unpaired) electrons. The van der Waals surface area contributed by atoms with Crippen LogP contribution in [0, 0.1) is 61.6 Å². The maximum absolute atomic E-state index is 14.7. The standard InChI is InChI=1S/C36H49N3O3/c1-31(2)9-11-35(30(42)39-17-15-38(6)16-18-39)12-10-34(5)28(24(35)21-31)25(40)19-27-32(3)20-23(22-37)29(41)36(13-14-36)26(32)7-8-33(27,34)4/h19-20,24,26,28H,7-18,21H2,1-6H3/t24-,26+,28-,32-,33+,34+,35-/m0/s1. The Bertz CT molecular complexity index is 1370. The molecule has 1 aliphatic heterocycles. The second kappa shape index (κ2) is 8.68. The number of Topliss-reactive ketones (excluding diaryl/α,β-unsaturated/α-hetero) is 1. The van der Waals surface area contributed by atoms with Crippen molar-refractivity contribution in [3.63, 3.8) is 0 Å². The number of ketones is 2. The van der Waals surface area contributed by atoms with Crippen LogP contribution in [0.2, 0.25) is 0 Å². The molecule has 0 aromatic heterocycles. The number of nitrogens with zero attached hydrogens (tertiary/aromatic N) is 3. The van der Waals surface area contributed by atoms with Gasteiger partial charge < -0.3 is 9.80 Å². The first kappa shape index (κ1) is 28.5. The topological polar surface area (TPSA) is 81.5 Å². The van der Waals surface area contributed by atoms with E-state index in [1.807, 2.05) is 12.2 Å². The van der Waals surface area contributed by atoms with Crippen molar-refractivity contribution in [1.82, 2.24) is 9.80 Å². The molecule has 0 bridgehead atoms. The summed E-state index contributed by atoms with van der Waals surface area (Å²) in [5, 5.41) is 9.99. The highest BCUT2D eigenvalue weighted by molar-refractivity contribution is 6.06. The summed E-state index contributed by atoms with van der Waals surface area (Å²) >= 11 is 0. The predicted molar refractivity (Wildman–Crippen MR) is 161 cm³/mol. The number of nitriles is 1. The number of likely N-dealkylation sites (N-methyl/N-ethyl adjacent to an activating group) is 1. The normalized spacial score (nSPS) is 45.5. The lowest BCUT2D eigenvalue weighted by Crippen LogP contribution is -2.67. The molecular weight excluding hydrogens is 522 g/mol. The van der Waals surface area contributed by atoms with E-state index in [2.05, 4.69) is 57.5 Å². The molecule has 0 unspecified atom stereocenters. The fourth-order valence-corrected chi connectivity index (χ4v) is 11.7. The lowest BCUT2D eigenvalue weighted by molar-refractivity contribution is -0.184. The summed E-state index contributed by atoms with van der Waals surface area (Å²) in [7, 11) is 2.13. The van der Waals surface area contributed by atoms with Crippen LogP contribution in [0.3, 0.4) is 0 Å². The highest BCUT2D eigenvalue weighted by Gasteiger charge is 2.73. The molecule has 0 aromatic carbocycles. The number of carbonyl (C=O) groups excluding carboxylic acids is 3. The van der Waals surface area contributed by atoms with E-state index in [1.54, 1.807) is 0 Å². The minimum Gasteiger partial charge on any atom is -0.340 e. The zero-order valence-electron chi connectivity index (χ0n) is 26.6. The molecule has 5 fully saturated rings. The molecule has 4 saturated carbocycles. The summed E-state index contributed by atoms with van der Waals surface area (Å²) in [5.74, 6) is 0.542. The van der Waals surface area contributed by atoms with Crippen LogP contribution in [0.1, 0.15) is 92.4 Å². The third-order valence-electron chi connectivity index (χ3n) is 14.5. The molecule has 6 nitrogen and oxygen atoms in total. The summed E-state index contributed by atoms with van der Waals surface area (Å²) in [5.41, 5.74) is -0.294. The van der Waals surface area contributed by atoms with Gasteiger partial charge in [0.05, 0.1) is 11.0 Å². The minimum atomic E-state index is -0.470. The Balaban J connectivity index is 1.34. The number of piperazine rings is 1. The van der Waals surface area contributed by atoms with Gasteiger partial charge in [0.2, 0.25) is 5.91 Å². The van der Waals surface area contributed by atoms with Crippen LogP contribution in [0.25, 0.3) is 0 Å². The summed E-state index contributed by atoms with van der Waals surface area (Å²) in [6.45, 7) is 15.0. The van der Waals surface area contributed by atoms with E-state index in [0.29, 0.717) is 11.5 Å². The average molecular weight is 572 g/mol. The quantitative estimate of drug-likeness (QED) is 0.401. The third-order valence-corrected chi connectivity index (χ3v) is 14.5. The molecule has 7 aliphatic rings. The van der Waals surface area contributed by atoms with Crippen LogP contribution in [-0.2, 0) is 14.4 Å². The molecule has 226 valence electrons. The van der Waals surface area contributed by atoms with Gasteiger partial charge in [0.25, 0.3) is 0 Å². The Morgan fingerprint density at radius 3 is 2.24 bits per heavy atom. The number of rotatable bonds is 1. The Labute approximate surface area is 251 Å². The Morgan fingerprint density at radius 1 is 0.929 bits per heavy atom. The van der Waals surface area contributed by atoms with Gasteiger partial charge in [-0.1, -0.05) is 46.3 Å². The predicted octanol–water partition coefficient (Wildman–Crippen LogP) is 5.73. The van der Waals surface area contributed by atoms with Crippen LogP contribution in [-0.4, -0.2) is 60.5 Å².